The molecule has 2 aromatic rings. The number of hydrogen-bond donors (Lipinski definition) is 0. The predicted octanol–water partition coefficient (Wildman–Crippen LogP) is 3.83. The first-order valence-corrected chi connectivity index (χ1v) is 9.91. The van der Waals surface area contributed by atoms with Crippen LogP contribution in [0, 0.1) is 0 Å². The highest BCUT2D eigenvalue weighted by atomic mass is 16.5. The molecule has 1 amide bonds. The minimum atomic E-state index is 0.358. The van der Waals surface area contributed by atoms with E-state index in [9.17, 15) is 4.79 Å². The number of carbonyl (C=O) groups is 1. The molecule has 4 nitrogen and oxygen atoms in total. The van der Waals surface area contributed by atoms with Crippen LogP contribution >= 0.6 is 0 Å². The molecule has 0 atom stereocenters. The minimum Gasteiger partial charge on any atom is -0.494 e. The zero-order valence-electron chi connectivity index (χ0n) is 15.6. The van der Waals surface area contributed by atoms with E-state index in [1.807, 2.05) is 6.92 Å². The van der Waals surface area contributed by atoms with Gasteiger partial charge in [-0.05, 0) is 43.0 Å². The number of nitrogens with zero attached hydrogens (tertiary/aromatic N) is 2. The molecule has 2 aromatic carbocycles. The van der Waals surface area contributed by atoms with Crippen molar-refractivity contribution in [2.45, 2.75) is 45.2 Å². The maximum atomic E-state index is 12.0. The summed E-state index contributed by atoms with van der Waals surface area (Å²) in [5.74, 6) is 1.36. The van der Waals surface area contributed by atoms with Crippen LogP contribution in [0.1, 0.15) is 38.2 Å². The van der Waals surface area contributed by atoms with Crippen LogP contribution in [0.2, 0.25) is 0 Å². The van der Waals surface area contributed by atoms with Gasteiger partial charge in [0.25, 0.3) is 0 Å². The zero-order chi connectivity index (χ0) is 17.9. The van der Waals surface area contributed by atoms with Crippen molar-refractivity contribution in [1.82, 2.24) is 9.80 Å². The van der Waals surface area contributed by atoms with Crippen LogP contribution in [0.25, 0.3) is 10.8 Å². The number of ether oxygens (including phenoxy) is 1. The largest absolute Gasteiger partial charge is 0.494 e. The van der Waals surface area contributed by atoms with Crippen LogP contribution < -0.4 is 4.74 Å². The van der Waals surface area contributed by atoms with Crippen molar-refractivity contribution >= 4 is 16.7 Å². The molecule has 0 N–H and O–H groups in total. The van der Waals surface area contributed by atoms with Gasteiger partial charge in [-0.15, -0.1) is 0 Å². The zero-order valence-corrected chi connectivity index (χ0v) is 15.6. The summed E-state index contributed by atoms with van der Waals surface area (Å²) in [7, 11) is 0. The van der Waals surface area contributed by atoms with Crippen LogP contribution in [0.3, 0.4) is 0 Å². The maximum absolute atomic E-state index is 12.0. The van der Waals surface area contributed by atoms with E-state index in [0.29, 0.717) is 18.6 Å². The Morgan fingerprint density at radius 3 is 2.62 bits per heavy atom. The van der Waals surface area contributed by atoms with Gasteiger partial charge in [0.2, 0.25) is 5.91 Å². The number of fused-ring (bicyclic) bond motifs is 1. The molecule has 0 aliphatic carbocycles. The lowest BCUT2D eigenvalue weighted by Gasteiger charge is -2.37. The van der Waals surface area contributed by atoms with Gasteiger partial charge in [-0.3, -0.25) is 9.69 Å². The van der Waals surface area contributed by atoms with Crippen molar-refractivity contribution in [1.29, 1.82) is 0 Å². The molecule has 4 rings (SSSR count). The van der Waals surface area contributed by atoms with Crippen LogP contribution in [-0.4, -0.2) is 48.0 Å². The molecule has 0 radical (unpaired) electrons. The van der Waals surface area contributed by atoms with Crippen LogP contribution in [0.15, 0.2) is 36.4 Å². The number of benzene rings is 2. The van der Waals surface area contributed by atoms with Crippen molar-refractivity contribution in [3.8, 4) is 5.75 Å². The van der Waals surface area contributed by atoms with Gasteiger partial charge in [0, 0.05) is 44.2 Å². The quantitative estimate of drug-likeness (QED) is 0.820. The second-order valence-corrected chi connectivity index (χ2v) is 7.39. The molecule has 0 unspecified atom stereocenters. The van der Waals surface area contributed by atoms with Crippen molar-refractivity contribution in [2.75, 3.05) is 26.2 Å². The molecule has 0 bridgehead atoms. The number of piperidine rings is 1. The number of carbonyl (C=O) groups excluding carboxylic acids is 1. The summed E-state index contributed by atoms with van der Waals surface area (Å²) in [6.07, 6.45) is 3.95. The first-order chi connectivity index (χ1) is 12.8. The van der Waals surface area contributed by atoms with Crippen LogP contribution in [-0.2, 0) is 11.3 Å². The Morgan fingerprint density at radius 2 is 1.88 bits per heavy atom. The Bertz CT molecular complexity index is 781. The third kappa shape index (κ3) is 3.43. The van der Waals surface area contributed by atoms with Crippen molar-refractivity contribution < 1.29 is 9.53 Å². The number of likely N-dealkylation sites (tertiary alicyclic amines) is 2. The fourth-order valence-electron chi connectivity index (χ4n) is 4.44. The Labute approximate surface area is 155 Å². The van der Waals surface area contributed by atoms with E-state index in [1.54, 1.807) is 0 Å². The van der Waals surface area contributed by atoms with Gasteiger partial charge in [0.15, 0.2) is 0 Å². The first-order valence-electron chi connectivity index (χ1n) is 9.91. The first kappa shape index (κ1) is 17.3. The van der Waals surface area contributed by atoms with E-state index >= 15 is 0 Å². The van der Waals surface area contributed by atoms with Gasteiger partial charge in [-0.25, -0.2) is 0 Å². The molecule has 4 heteroatoms. The molecule has 0 spiro atoms. The van der Waals surface area contributed by atoms with Crippen LogP contribution in [0.4, 0.5) is 0 Å². The number of hydrogen-bond acceptors (Lipinski definition) is 3. The lowest BCUT2D eigenvalue weighted by atomic mass is 10.00. The molecule has 0 aromatic heterocycles. The molecular weight excluding hydrogens is 324 g/mol. The second kappa shape index (κ2) is 7.67. The Kier molecular flexibility index (Phi) is 5.11. The maximum Gasteiger partial charge on any atom is 0.222 e. The number of amides is 1. The molecule has 2 fully saturated rings. The van der Waals surface area contributed by atoms with Crippen LogP contribution in [0.5, 0.6) is 5.75 Å². The average molecular weight is 352 g/mol. The highest BCUT2D eigenvalue weighted by Crippen LogP contribution is 2.31. The summed E-state index contributed by atoms with van der Waals surface area (Å²) in [5.41, 5.74) is 1.29. The fraction of sp³-hybridized carbons (Fsp3) is 0.500. The Hall–Kier alpha value is -2.07. The standard InChI is InChI=1S/C22H28N2O2/c1-2-26-21-10-9-17-6-3-4-7-19(17)20(21)16-23-14-11-18(12-15-23)24-13-5-8-22(24)25/h3-4,6-7,9-10,18H,2,5,8,11-16H2,1H3. The van der Waals surface area contributed by atoms with E-state index in [0.717, 1.165) is 57.6 Å². The monoisotopic (exact) mass is 352 g/mol. The van der Waals surface area contributed by atoms with E-state index in [4.69, 9.17) is 4.74 Å². The van der Waals surface area contributed by atoms with Gasteiger partial charge in [0.1, 0.15) is 5.75 Å². The summed E-state index contributed by atoms with van der Waals surface area (Å²) >= 11 is 0. The normalized spacial score (nSPS) is 19.4. The Balaban J connectivity index is 1.49. The fourth-order valence-corrected chi connectivity index (χ4v) is 4.44. The Morgan fingerprint density at radius 1 is 1.08 bits per heavy atom. The molecule has 2 aliphatic rings. The topological polar surface area (TPSA) is 32.8 Å². The van der Waals surface area contributed by atoms with Crippen molar-refractivity contribution in [3.05, 3.63) is 42.0 Å². The predicted molar refractivity (Wildman–Crippen MR) is 104 cm³/mol. The second-order valence-electron chi connectivity index (χ2n) is 7.39. The summed E-state index contributed by atoms with van der Waals surface area (Å²) < 4.78 is 5.92. The smallest absolute Gasteiger partial charge is 0.222 e. The molecule has 2 aliphatic heterocycles. The van der Waals surface area contributed by atoms with E-state index < -0.39 is 0 Å². The molecule has 138 valence electrons. The van der Waals surface area contributed by atoms with E-state index in [2.05, 4.69) is 46.2 Å². The molecule has 2 saturated heterocycles. The van der Waals surface area contributed by atoms with E-state index in [1.165, 1.54) is 16.3 Å². The average Bonchev–Trinajstić information content (AvgIpc) is 3.10. The minimum absolute atomic E-state index is 0.358. The molecule has 2 heterocycles. The lowest BCUT2D eigenvalue weighted by Crippen LogP contribution is -2.45. The lowest BCUT2D eigenvalue weighted by molar-refractivity contribution is -0.130. The van der Waals surface area contributed by atoms with Gasteiger partial charge >= 0.3 is 0 Å². The molecular formula is C22H28N2O2. The summed E-state index contributed by atoms with van der Waals surface area (Å²) in [4.78, 5) is 16.6. The van der Waals surface area contributed by atoms with Crippen molar-refractivity contribution in [3.63, 3.8) is 0 Å². The third-order valence-corrected chi connectivity index (χ3v) is 5.79. The highest BCUT2D eigenvalue weighted by molar-refractivity contribution is 5.87. The van der Waals surface area contributed by atoms with Crippen molar-refractivity contribution in [2.24, 2.45) is 0 Å². The summed E-state index contributed by atoms with van der Waals surface area (Å²) in [6.45, 7) is 6.69. The van der Waals surface area contributed by atoms with Gasteiger partial charge in [-0.1, -0.05) is 30.3 Å². The summed E-state index contributed by atoms with van der Waals surface area (Å²) in [6, 6.07) is 13.3. The SMILES string of the molecule is CCOc1ccc2ccccc2c1CN1CCC(N2CCCC2=O)CC1. The number of rotatable bonds is 5. The van der Waals surface area contributed by atoms with Gasteiger partial charge in [-0.2, -0.15) is 0 Å². The molecule has 0 saturated carbocycles. The third-order valence-electron chi connectivity index (χ3n) is 5.79. The van der Waals surface area contributed by atoms with Gasteiger partial charge < -0.3 is 9.64 Å². The summed E-state index contributed by atoms with van der Waals surface area (Å²) in [5, 5.41) is 2.55. The van der Waals surface area contributed by atoms with Gasteiger partial charge in [0.05, 0.1) is 6.61 Å². The highest BCUT2D eigenvalue weighted by Gasteiger charge is 2.30. The molecule has 26 heavy (non-hydrogen) atoms. The van der Waals surface area contributed by atoms with E-state index in [-0.39, 0.29) is 0 Å².